The van der Waals surface area contributed by atoms with Gasteiger partial charge >= 0.3 is 8.80 Å². The van der Waals surface area contributed by atoms with E-state index in [0.717, 1.165) is 6.42 Å². The summed E-state index contributed by atoms with van der Waals surface area (Å²) in [4.78, 5) is 0. The lowest BCUT2D eigenvalue weighted by Gasteiger charge is -2.29. The molecule has 7 nitrogen and oxygen atoms in total. The third kappa shape index (κ3) is 6.50. The monoisotopic (exact) mass is 252 g/mol. The van der Waals surface area contributed by atoms with Gasteiger partial charge < -0.3 is 36.2 Å². The van der Waals surface area contributed by atoms with Gasteiger partial charge in [0.1, 0.15) is 5.79 Å². The lowest BCUT2D eigenvalue weighted by atomic mass is 10.3. The van der Waals surface area contributed by atoms with E-state index in [1.165, 1.54) is 0 Å². The van der Waals surface area contributed by atoms with Crippen LogP contribution in [0, 0.1) is 0 Å². The molecular weight excluding hydrogens is 228 g/mol. The molecule has 8 heteroatoms. The van der Waals surface area contributed by atoms with Crippen molar-refractivity contribution in [1.29, 1.82) is 0 Å². The van der Waals surface area contributed by atoms with Gasteiger partial charge in [-0.2, -0.15) is 0 Å². The van der Waals surface area contributed by atoms with Crippen LogP contribution in [0.1, 0.15) is 12.8 Å². The first-order valence-electron chi connectivity index (χ1n) is 5.20. The first kappa shape index (κ1) is 15.9. The highest BCUT2D eigenvalue weighted by molar-refractivity contribution is 6.60. The van der Waals surface area contributed by atoms with Crippen molar-refractivity contribution in [2.75, 3.05) is 27.4 Å². The molecule has 0 heterocycles. The Balaban J connectivity index is 4.20. The maximum Gasteiger partial charge on any atom is 0.500 e. The summed E-state index contributed by atoms with van der Waals surface area (Å²) >= 11 is 0. The molecule has 0 aliphatic rings. The van der Waals surface area contributed by atoms with Crippen LogP contribution in [0.15, 0.2) is 0 Å². The molecule has 0 aromatic carbocycles. The molecule has 16 heavy (non-hydrogen) atoms. The summed E-state index contributed by atoms with van der Waals surface area (Å²) in [6, 6.07) is 0.480. The van der Waals surface area contributed by atoms with Crippen LogP contribution >= 0.6 is 0 Å². The zero-order valence-electron chi connectivity index (χ0n) is 10.1. The van der Waals surface area contributed by atoms with Crippen molar-refractivity contribution < 1.29 is 13.3 Å². The third-order valence-electron chi connectivity index (χ3n) is 2.16. The summed E-state index contributed by atoms with van der Waals surface area (Å²) in [7, 11) is 0.404. The smallest absolute Gasteiger partial charge is 0.377 e. The van der Waals surface area contributed by atoms with E-state index >= 15 is 0 Å². The Labute approximate surface area is 97.7 Å². The molecule has 0 amide bonds. The molecule has 0 unspecified atom stereocenters. The van der Waals surface area contributed by atoms with E-state index in [1.807, 2.05) is 0 Å². The van der Waals surface area contributed by atoms with Crippen LogP contribution in [0.3, 0.4) is 0 Å². The summed E-state index contributed by atoms with van der Waals surface area (Å²) in [6.45, 7) is 1.06. The fraction of sp³-hybridized carbons (Fsp3) is 1.00. The van der Waals surface area contributed by atoms with Gasteiger partial charge in [-0.3, -0.25) is 0 Å². The highest BCUT2D eigenvalue weighted by Crippen LogP contribution is 2.17. The van der Waals surface area contributed by atoms with Gasteiger partial charge in [-0.25, -0.2) is 0 Å². The molecule has 0 saturated carbocycles. The maximum atomic E-state index is 5.61. The summed E-state index contributed by atoms with van der Waals surface area (Å²) in [6.07, 6.45) is 1.12. The minimum absolute atomic E-state index is 0.365. The Morgan fingerprint density at radius 1 is 1.12 bits per heavy atom. The molecule has 0 aromatic heterocycles. The largest absolute Gasteiger partial charge is 0.500 e. The van der Waals surface area contributed by atoms with E-state index in [1.54, 1.807) is 14.2 Å². The molecule has 0 rings (SSSR count). The molecule has 0 radical (unpaired) electrons. The number of hydrogen-bond acceptors (Lipinski definition) is 7. The van der Waals surface area contributed by atoms with E-state index in [-0.39, 0.29) is 0 Å². The van der Waals surface area contributed by atoms with Gasteiger partial charge in [-0.15, -0.1) is 0 Å². The Bertz CT molecular complexity index is 185. The quantitative estimate of drug-likeness (QED) is 0.223. The van der Waals surface area contributed by atoms with Gasteiger partial charge in [0.25, 0.3) is 0 Å². The van der Waals surface area contributed by atoms with Gasteiger partial charge in [0.15, 0.2) is 0 Å². The second kappa shape index (κ2) is 7.30. The molecule has 8 N–H and O–H groups in total. The van der Waals surface area contributed by atoms with E-state index < -0.39 is 14.6 Å². The molecule has 0 aliphatic heterocycles. The van der Waals surface area contributed by atoms with Crippen molar-refractivity contribution >= 4 is 8.80 Å². The number of hydrogen-bond donors (Lipinski definition) is 4. The average Bonchev–Trinajstić information content (AvgIpc) is 2.23. The van der Waals surface area contributed by atoms with Crippen molar-refractivity contribution in [2.24, 2.45) is 22.9 Å². The number of nitrogens with two attached hydrogens (primary N) is 4. The molecule has 0 spiro atoms. The van der Waals surface area contributed by atoms with Gasteiger partial charge in [-0.05, 0) is 19.4 Å². The van der Waals surface area contributed by atoms with Crippen LogP contribution in [0.4, 0.5) is 0 Å². The van der Waals surface area contributed by atoms with Crippen LogP contribution in [0.25, 0.3) is 0 Å². The molecule has 98 valence electrons. The van der Waals surface area contributed by atoms with Crippen LogP contribution in [0.5, 0.6) is 0 Å². The van der Waals surface area contributed by atoms with E-state index in [2.05, 4.69) is 0 Å². The fourth-order valence-corrected chi connectivity index (χ4v) is 3.31. The van der Waals surface area contributed by atoms with Crippen molar-refractivity contribution in [3.8, 4) is 0 Å². The highest BCUT2D eigenvalue weighted by atomic mass is 28.4. The fourth-order valence-electron chi connectivity index (χ4n) is 1.16. The summed E-state index contributed by atoms with van der Waals surface area (Å²) in [5.74, 6) is -1.23. The summed E-state index contributed by atoms with van der Waals surface area (Å²) in [5, 5.41) is 0. The predicted molar refractivity (Wildman–Crippen MR) is 64.1 cm³/mol. The Kier molecular flexibility index (Phi) is 7.27. The van der Waals surface area contributed by atoms with E-state index in [0.29, 0.717) is 25.6 Å². The van der Waals surface area contributed by atoms with Crippen molar-refractivity contribution in [3.63, 3.8) is 0 Å². The minimum Gasteiger partial charge on any atom is -0.377 e. The van der Waals surface area contributed by atoms with Crippen LogP contribution in [-0.4, -0.2) is 42.0 Å². The molecule has 0 aliphatic carbocycles. The van der Waals surface area contributed by atoms with Crippen molar-refractivity contribution in [3.05, 3.63) is 0 Å². The standard InChI is InChI=1S/C8H24N4O3Si/c1-13-16(14-2,15-6-3-5-9)7-4-8(10,11)12/h3-7,9-12H2,1-2H3. The Hall–Kier alpha value is -0.0631. The summed E-state index contributed by atoms with van der Waals surface area (Å²) < 4.78 is 16.2. The third-order valence-corrected chi connectivity index (χ3v) is 4.91. The molecular formula is C8H24N4O3Si. The minimum atomic E-state index is -2.69. The number of rotatable bonds is 9. The second-order valence-corrected chi connectivity index (χ2v) is 6.67. The maximum absolute atomic E-state index is 5.61. The lowest BCUT2D eigenvalue weighted by molar-refractivity contribution is 0.0950. The second-order valence-electron chi connectivity index (χ2n) is 3.69. The predicted octanol–water partition coefficient (Wildman–Crippen LogP) is -1.50. The van der Waals surface area contributed by atoms with Gasteiger partial charge in [0, 0.05) is 26.9 Å². The van der Waals surface area contributed by atoms with Gasteiger partial charge in [0.2, 0.25) is 0 Å². The molecule has 0 atom stereocenters. The van der Waals surface area contributed by atoms with Crippen LogP contribution < -0.4 is 22.9 Å². The first-order chi connectivity index (χ1) is 7.39. The topological polar surface area (TPSA) is 132 Å². The molecule has 0 saturated heterocycles. The summed E-state index contributed by atoms with van der Waals surface area (Å²) in [5.41, 5.74) is 21.9. The molecule has 0 aromatic rings. The first-order valence-corrected chi connectivity index (χ1v) is 7.13. The van der Waals surface area contributed by atoms with E-state index in [4.69, 9.17) is 36.2 Å². The normalized spacial score (nSPS) is 13.1. The van der Waals surface area contributed by atoms with Crippen molar-refractivity contribution in [1.82, 2.24) is 0 Å². The van der Waals surface area contributed by atoms with Gasteiger partial charge in [-0.1, -0.05) is 0 Å². The highest BCUT2D eigenvalue weighted by Gasteiger charge is 2.40. The molecule has 0 bridgehead atoms. The van der Waals surface area contributed by atoms with Crippen LogP contribution in [-0.2, 0) is 13.3 Å². The SMILES string of the molecule is CO[Si](CCC(N)(N)N)(OC)OCCCN. The zero-order valence-corrected chi connectivity index (χ0v) is 11.1. The van der Waals surface area contributed by atoms with Crippen LogP contribution in [0.2, 0.25) is 6.04 Å². The Morgan fingerprint density at radius 3 is 2.06 bits per heavy atom. The van der Waals surface area contributed by atoms with E-state index in [9.17, 15) is 0 Å². The van der Waals surface area contributed by atoms with Crippen molar-refractivity contribution in [2.45, 2.75) is 24.7 Å². The zero-order chi connectivity index (χ0) is 12.7. The van der Waals surface area contributed by atoms with Gasteiger partial charge in [0.05, 0.1) is 0 Å². The lowest BCUT2D eigenvalue weighted by Crippen LogP contribution is -2.59. The molecule has 0 fully saturated rings. The Morgan fingerprint density at radius 2 is 1.69 bits per heavy atom. The average molecular weight is 252 g/mol.